The number of benzene rings is 1. The van der Waals surface area contributed by atoms with Crippen molar-refractivity contribution in [3.05, 3.63) is 29.8 Å². The van der Waals surface area contributed by atoms with E-state index in [1.54, 1.807) is 24.3 Å². The summed E-state index contributed by atoms with van der Waals surface area (Å²) in [6.07, 6.45) is 3.75. The van der Waals surface area contributed by atoms with E-state index in [-0.39, 0.29) is 43.2 Å². The molecule has 0 saturated heterocycles. The smallest absolute Gasteiger partial charge is 0.312 e. The molecule has 1 aromatic carbocycles. The summed E-state index contributed by atoms with van der Waals surface area (Å²) in [4.78, 5) is 62.1. The summed E-state index contributed by atoms with van der Waals surface area (Å²) in [6, 6.07) is 4.26. The quantitative estimate of drug-likeness (QED) is 0.102. The fraction of sp³-hybridized carbons (Fsp3) is 0.676. The van der Waals surface area contributed by atoms with Crippen LogP contribution in [0.25, 0.3) is 0 Å². The summed E-state index contributed by atoms with van der Waals surface area (Å²) in [7, 11) is 0. The van der Waals surface area contributed by atoms with Crippen molar-refractivity contribution in [2.75, 3.05) is 18.5 Å². The number of carbonyl (C=O) groups excluding carboxylic acids is 5. The van der Waals surface area contributed by atoms with Crippen LogP contribution in [0.5, 0.6) is 0 Å². The summed E-state index contributed by atoms with van der Waals surface area (Å²) in [6.45, 7) is 16.5. The third kappa shape index (κ3) is 16.1. The van der Waals surface area contributed by atoms with Crippen molar-refractivity contribution in [2.45, 2.75) is 125 Å². The van der Waals surface area contributed by atoms with Gasteiger partial charge < -0.3 is 36.5 Å². The van der Waals surface area contributed by atoms with Gasteiger partial charge in [-0.3, -0.25) is 19.2 Å². The molecule has 0 spiro atoms. The Labute approximate surface area is 274 Å². The number of esters is 1. The molecule has 0 bridgehead atoms. The zero-order valence-electron chi connectivity index (χ0n) is 29.0. The first-order chi connectivity index (χ1) is 21.5. The van der Waals surface area contributed by atoms with Crippen LogP contribution in [0.1, 0.15) is 106 Å². The van der Waals surface area contributed by atoms with Crippen LogP contribution in [0.3, 0.4) is 0 Å². The lowest BCUT2D eigenvalue weighted by molar-refractivity contribution is -0.142. The number of ether oxygens (including phenoxy) is 2. The fourth-order valence-corrected chi connectivity index (χ4v) is 4.72. The van der Waals surface area contributed by atoms with Gasteiger partial charge in [0.15, 0.2) is 0 Å². The molecule has 2 unspecified atom stereocenters. The first kappa shape index (κ1) is 40.4. The van der Waals surface area contributed by atoms with Crippen LogP contribution >= 0.6 is 0 Å². The van der Waals surface area contributed by atoms with Crippen molar-refractivity contribution >= 4 is 35.4 Å². The number of amides is 5. The zero-order chi connectivity index (χ0) is 34.9. The third-order valence-corrected chi connectivity index (χ3v) is 7.89. The largest absolute Gasteiger partial charge is 0.461 e. The number of nitrogens with two attached hydrogens (primary N) is 1. The average molecular weight is 648 g/mol. The van der Waals surface area contributed by atoms with Crippen LogP contribution in [0.15, 0.2) is 24.3 Å². The van der Waals surface area contributed by atoms with Gasteiger partial charge in [0, 0.05) is 32.2 Å². The van der Waals surface area contributed by atoms with Crippen LogP contribution in [0.4, 0.5) is 10.5 Å². The van der Waals surface area contributed by atoms with Gasteiger partial charge >= 0.3 is 12.0 Å². The predicted molar refractivity (Wildman–Crippen MR) is 179 cm³/mol. The van der Waals surface area contributed by atoms with Gasteiger partial charge in [0.1, 0.15) is 18.7 Å². The van der Waals surface area contributed by atoms with Gasteiger partial charge in [-0.2, -0.15) is 0 Å². The minimum Gasteiger partial charge on any atom is -0.461 e. The molecule has 6 N–H and O–H groups in total. The minimum absolute atomic E-state index is 0.111. The zero-order valence-corrected chi connectivity index (χ0v) is 29.0. The number of hydrogen-bond acceptors (Lipinski definition) is 7. The molecular formula is C34H57N5O7. The summed E-state index contributed by atoms with van der Waals surface area (Å²) in [5, 5.41) is 11.0. The highest BCUT2D eigenvalue weighted by Gasteiger charge is 2.31. The Morgan fingerprint density at radius 2 is 1.54 bits per heavy atom. The minimum atomic E-state index is -0.954. The Morgan fingerprint density at radius 3 is 2.07 bits per heavy atom. The molecule has 0 aliphatic heterocycles. The van der Waals surface area contributed by atoms with Gasteiger partial charge in [-0.05, 0) is 67.6 Å². The number of anilines is 1. The molecule has 46 heavy (non-hydrogen) atoms. The summed E-state index contributed by atoms with van der Waals surface area (Å²) < 4.78 is 11.3. The highest BCUT2D eigenvalue weighted by molar-refractivity contribution is 5.98. The summed E-state index contributed by atoms with van der Waals surface area (Å²) >= 11 is 0. The topological polar surface area (TPSA) is 178 Å². The lowest BCUT2D eigenvalue weighted by Gasteiger charge is -2.33. The summed E-state index contributed by atoms with van der Waals surface area (Å²) in [5.41, 5.74) is 6.12. The average Bonchev–Trinajstić information content (AvgIpc) is 2.97. The highest BCUT2D eigenvalue weighted by Crippen LogP contribution is 2.29. The number of nitrogens with one attached hydrogen (secondary N) is 4. The van der Waals surface area contributed by atoms with E-state index >= 15 is 0 Å². The Hall–Kier alpha value is -3.67. The van der Waals surface area contributed by atoms with Gasteiger partial charge in [0.05, 0.1) is 5.60 Å². The molecule has 0 saturated carbocycles. The van der Waals surface area contributed by atoms with Crippen LogP contribution in [-0.4, -0.2) is 60.6 Å². The van der Waals surface area contributed by atoms with Crippen molar-refractivity contribution in [3.63, 3.8) is 0 Å². The van der Waals surface area contributed by atoms with Crippen molar-refractivity contribution in [2.24, 2.45) is 17.1 Å². The monoisotopic (exact) mass is 647 g/mol. The van der Waals surface area contributed by atoms with Crippen molar-refractivity contribution in [1.29, 1.82) is 0 Å². The Balaban J connectivity index is 2.94. The lowest BCUT2D eigenvalue weighted by Crippen LogP contribution is -2.54. The van der Waals surface area contributed by atoms with Crippen LogP contribution in [0.2, 0.25) is 0 Å². The van der Waals surface area contributed by atoms with E-state index < -0.39 is 41.5 Å². The van der Waals surface area contributed by atoms with Gasteiger partial charge in [-0.15, -0.1) is 0 Å². The molecule has 0 aliphatic rings. The Bertz CT molecular complexity index is 1130. The Morgan fingerprint density at radius 1 is 0.913 bits per heavy atom. The second-order valence-electron chi connectivity index (χ2n) is 13.3. The Kier molecular flexibility index (Phi) is 17.3. The predicted octanol–water partition coefficient (Wildman–Crippen LogP) is 4.55. The van der Waals surface area contributed by atoms with Gasteiger partial charge in [0.25, 0.3) is 0 Å². The molecule has 0 radical (unpaired) electrons. The molecule has 1 rings (SSSR count). The molecule has 5 amide bonds. The molecule has 1 aromatic rings. The number of primary amides is 1. The highest BCUT2D eigenvalue weighted by atomic mass is 16.5. The molecule has 12 heteroatoms. The number of rotatable bonds is 20. The van der Waals surface area contributed by atoms with E-state index in [9.17, 15) is 24.0 Å². The van der Waals surface area contributed by atoms with E-state index in [1.807, 2.05) is 13.8 Å². The summed E-state index contributed by atoms with van der Waals surface area (Å²) in [5.74, 6) is -1.86. The normalized spacial score (nSPS) is 13.0. The van der Waals surface area contributed by atoms with E-state index in [0.717, 1.165) is 24.8 Å². The molecule has 2 atom stereocenters. The molecule has 260 valence electrons. The molecule has 0 aliphatic carbocycles. The van der Waals surface area contributed by atoms with Gasteiger partial charge in [-0.25, -0.2) is 4.79 Å². The lowest BCUT2D eigenvalue weighted by atomic mass is 9.89. The van der Waals surface area contributed by atoms with Crippen molar-refractivity contribution in [3.8, 4) is 0 Å². The third-order valence-electron chi connectivity index (χ3n) is 7.89. The van der Waals surface area contributed by atoms with Gasteiger partial charge in [-0.1, -0.05) is 60.6 Å². The SMILES string of the molecule is CCC(CC)(CCC(=O)NC(C(=O)NC(CCCNC(N)=O)C(=O)Nc1ccc(COC(C)=O)cc1)C(C)C)OCCC(C)(C)C. The molecule has 0 heterocycles. The molecule has 12 nitrogen and oxygen atoms in total. The number of urea groups is 1. The maximum absolute atomic E-state index is 13.5. The second-order valence-corrected chi connectivity index (χ2v) is 13.3. The van der Waals surface area contributed by atoms with Crippen molar-refractivity contribution < 1.29 is 33.4 Å². The molecular weight excluding hydrogens is 590 g/mol. The van der Waals surface area contributed by atoms with Gasteiger partial charge in [0.2, 0.25) is 17.7 Å². The van der Waals surface area contributed by atoms with E-state index in [4.69, 9.17) is 15.2 Å². The first-order valence-electron chi connectivity index (χ1n) is 16.3. The first-order valence-corrected chi connectivity index (χ1v) is 16.3. The fourth-order valence-electron chi connectivity index (χ4n) is 4.72. The van der Waals surface area contributed by atoms with Crippen LogP contribution in [0, 0.1) is 11.3 Å². The molecule has 0 aromatic heterocycles. The number of carbonyl (C=O) groups is 5. The number of hydrogen-bond donors (Lipinski definition) is 5. The van der Waals surface area contributed by atoms with Crippen molar-refractivity contribution in [1.82, 2.24) is 16.0 Å². The molecule has 0 fully saturated rings. The van der Waals surface area contributed by atoms with E-state index in [2.05, 4.69) is 55.9 Å². The second kappa shape index (κ2) is 19.8. The maximum atomic E-state index is 13.5. The maximum Gasteiger partial charge on any atom is 0.312 e. The standard InChI is InChI=1S/C34H57N5O7/c1-9-34(10-2,46-21-19-33(6,7)8)18-17-28(41)39-29(23(3)4)31(43)38-27(12-11-20-36-32(35)44)30(42)37-26-15-13-25(14-16-26)22-45-24(5)40/h13-16,23,27,29H,9-12,17-22H2,1-8H3,(H,37,42)(H,38,43)(H,39,41)(H3,35,36,44). The van der Waals surface area contributed by atoms with E-state index in [1.165, 1.54) is 6.92 Å². The van der Waals surface area contributed by atoms with Crippen LogP contribution < -0.4 is 27.0 Å². The van der Waals surface area contributed by atoms with E-state index in [0.29, 0.717) is 25.1 Å². The van der Waals surface area contributed by atoms with Crippen LogP contribution in [-0.2, 0) is 35.3 Å².